The number of rotatable bonds is 3. The number of nitrogens with zero attached hydrogens (tertiary/aromatic N) is 4. The van der Waals surface area contributed by atoms with Crippen molar-refractivity contribution < 1.29 is 4.52 Å². The third-order valence-corrected chi connectivity index (χ3v) is 5.01. The van der Waals surface area contributed by atoms with Crippen LogP contribution in [0.3, 0.4) is 0 Å². The lowest BCUT2D eigenvalue weighted by atomic mass is 10.0. The second-order valence-electron chi connectivity index (χ2n) is 6.28. The molecule has 3 aromatic rings. The molecule has 24 heavy (non-hydrogen) atoms. The zero-order valence-electron chi connectivity index (χ0n) is 13.8. The Morgan fingerprint density at radius 1 is 1.25 bits per heavy atom. The minimum absolute atomic E-state index is 0.727. The summed E-state index contributed by atoms with van der Waals surface area (Å²) in [6, 6.07) is 7.75. The van der Waals surface area contributed by atoms with Crippen molar-refractivity contribution in [3.63, 3.8) is 0 Å². The summed E-state index contributed by atoms with van der Waals surface area (Å²) >= 11 is 5.99. The van der Waals surface area contributed by atoms with Gasteiger partial charge in [-0.3, -0.25) is 9.58 Å². The van der Waals surface area contributed by atoms with Gasteiger partial charge in [-0.25, -0.2) is 0 Å². The molecule has 0 spiro atoms. The predicted octanol–water partition coefficient (Wildman–Crippen LogP) is 3.60. The molecular formula is C18H19ClN4O. The second-order valence-corrected chi connectivity index (χ2v) is 6.72. The summed E-state index contributed by atoms with van der Waals surface area (Å²) in [7, 11) is 1.98. The Labute approximate surface area is 145 Å². The van der Waals surface area contributed by atoms with Gasteiger partial charge in [0.25, 0.3) is 0 Å². The van der Waals surface area contributed by atoms with Gasteiger partial charge in [0, 0.05) is 60.5 Å². The molecule has 0 unspecified atom stereocenters. The molecule has 6 heteroatoms. The minimum Gasteiger partial charge on any atom is -0.360 e. The first-order valence-corrected chi connectivity index (χ1v) is 8.43. The van der Waals surface area contributed by atoms with Crippen molar-refractivity contribution in [3.8, 4) is 11.3 Å². The Morgan fingerprint density at radius 2 is 2.04 bits per heavy atom. The van der Waals surface area contributed by atoms with E-state index < -0.39 is 0 Å². The molecule has 4 rings (SSSR count). The summed E-state index contributed by atoms with van der Waals surface area (Å²) in [5.74, 6) is 0.999. The summed E-state index contributed by atoms with van der Waals surface area (Å²) in [4.78, 5) is 2.42. The maximum atomic E-state index is 5.99. The maximum absolute atomic E-state index is 5.99. The molecule has 1 aromatic carbocycles. The van der Waals surface area contributed by atoms with Crippen molar-refractivity contribution in [2.24, 2.45) is 7.05 Å². The average molecular weight is 343 g/mol. The number of aryl methyl sites for hydroxylation is 1. The SMILES string of the molecule is Cc1c(CN2CCc3onc(-c4ccc(Cl)cc4)c3C2)cnn1C. The fourth-order valence-electron chi connectivity index (χ4n) is 3.17. The molecule has 0 atom stereocenters. The Kier molecular flexibility index (Phi) is 3.90. The molecule has 0 bridgehead atoms. The molecule has 0 saturated heterocycles. The van der Waals surface area contributed by atoms with Crippen LogP contribution in [-0.4, -0.2) is 26.4 Å². The normalized spacial score (nSPS) is 14.8. The van der Waals surface area contributed by atoms with E-state index in [1.165, 1.54) is 16.8 Å². The number of fused-ring (bicyclic) bond motifs is 1. The van der Waals surface area contributed by atoms with E-state index in [4.69, 9.17) is 16.1 Å². The molecule has 2 aromatic heterocycles. The van der Waals surface area contributed by atoms with Gasteiger partial charge >= 0.3 is 0 Å². The lowest BCUT2D eigenvalue weighted by Gasteiger charge is -2.25. The first-order chi connectivity index (χ1) is 11.6. The first-order valence-electron chi connectivity index (χ1n) is 8.05. The van der Waals surface area contributed by atoms with Gasteiger partial charge in [-0.15, -0.1) is 0 Å². The predicted molar refractivity (Wildman–Crippen MR) is 92.7 cm³/mol. The highest BCUT2D eigenvalue weighted by molar-refractivity contribution is 6.30. The van der Waals surface area contributed by atoms with Crippen molar-refractivity contribution >= 4 is 11.6 Å². The van der Waals surface area contributed by atoms with Crippen molar-refractivity contribution in [3.05, 3.63) is 58.1 Å². The minimum atomic E-state index is 0.727. The topological polar surface area (TPSA) is 47.1 Å². The lowest BCUT2D eigenvalue weighted by Crippen LogP contribution is -2.29. The van der Waals surface area contributed by atoms with Crippen LogP contribution in [0.15, 0.2) is 35.0 Å². The summed E-state index contributed by atoms with van der Waals surface area (Å²) in [5.41, 5.74) is 5.64. The van der Waals surface area contributed by atoms with Gasteiger partial charge in [0.15, 0.2) is 0 Å². The van der Waals surface area contributed by atoms with Crippen molar-refractivity contribution in [2.45, 2.75) is 26.4 Å². The Hall–Kier alpha value is -2.11. The number of benzene rings is 1. The van der Waals surface area contributed by atoms with E-state index in [9.17, 15) is 0 Å². The molecule has 0 radical (unpaired) electrons. The summed E-state index contributed by atoms with van der Waals surface area (Å²) in [6.45, 7) is 4.81. The summed E-state index contributed by atoms with van der Waals surface area (Å²) in [5, 5.41) is 9.36. The zero-order chi connectivity index (χ0) is 16.7. The van der Waals surface area contributed by atoms with Gasteiger partial charge in [-0.05, 0) is 19.1 Å². The van der Waals surface area contributed by atoms with Crippen molar-refractivity contribution in [1.29, 1.82) is 0 Å². The number of halogens is 1. The maximum Gasteiger partial charge on any atom is 0.143 e. The number of hydrogen-bond acceptors (Lipinski definition) is 4. The van der Waals surface area contributed by atoms with E-state index in [0.717, 1.165) is 48.1 Å². The quantitative estimate of drug-likeness (QED) is 0.729. The molecule has 5 nitrogen and oxygen atoms in total. The van der Waals surface area contributed by atoms with Crippen molar-refractivity contribution in [1.82, 2.24) is 19.8 Å². The number of hydrogen-bond donors (Lipinski definition) is 0. The van der Waals surface area contributed by atoms with Crippen LogP contribution in [0.2, 0.25) is 5.02 Å². The van der Waals surface area contributed by atoms with E-state index in [-0.39, 0.29) is 0 Å². The third kappa shape index (κ3) is 2.74. The van der Waals surface area contributed by atoms with Gasteiger partial charge in [0.05, 0.1) is 6.20 Å². The first kappa shape index (κ1) is 15.4. The molecule has 124 valence electrons. The van der Waals surface area contributed by atoms with E-state index in [0.29, 0.717) is 0 Å². The van der Waals surface area contributed by atoms with Crippen LogP contribution in [0.4, 0.5) is 0 Å². The largest absolute Gasteiger partial charge is 0.360 e. The molecule has 0 fully saturated rings. The molecular weight excluding hydrogens is 324 g/mol. The molecule has 1 aliphatic rings. The van der Waals surface area contributed by atoms with Gasteiger partial charge in [-0.2, -0.15) is 5.10 Å². The van der Waals surface area contributed by atoms with Crippen LogP contribution in [0.5, 0.6) is 0 Å². The smallest absolute Gasteiger partial charge is 0.143 e. The van der Waals surface area contributed by atoms with Crippen molar-refractivity contribution in [2.75, 3.05) is 6.54 Å². The molecule has 0 saturated carbocycles. The van der Waals surface area contributed by atoms with Crippen LogP contribution < -0.4 is 0 Å². The number of aromatic nitrogens is 3. The van der Waals surface area contributed by atoms with E-state index in [1.54, 1.807) is 0 Å². The van der Waals surface area contributed by atoms with E-state index in [2.05, 4.69) is 22.1 Å². The molecule has 0 amide bonds. The van der Waals surface area contributed by atoms with Crippen LogP contribution in [0.25, 0.3) is 11.3 Å². The lowest BCUT2D eigenvalue weighted by molar-refractivity contribution is 0.228. The highest BCUT2D eigenvalue weighted by Crippen LogP contribution is 2.31. The zero-order valence-corrected chi connectivity index (χ0v) is 14.5. The standard InChI is InChI=1S/C18H19ClN4O/c1-12-14(9-20-22(12)2)10-23-8-7-17-16(11-23)18(21-24-17)13-3-5-15(19)6-4-13/h3-6,9H,7-8,10-11H2,1-2H3. The van der Waals surface area contributed by atoms with Crippen LogP contribution in [0, 0.1) is 6.92 Å². The van der Waals surface area contributed by atoms with E-state index in [1.807, 2.05) is 42.2 Å². The van der Waals surface area contributed by atoms with Crippen LogP contribution >= 0.6 is 11.6 Å². The average Bonchev–Trinajstić information content (AvgIpc) is 3.14. The fourth-order valence-corrected chi connectivity index (χ4v) is 3.30. The Bertz CT molecular complexity index is 866. The highest BCUT2D eigenvalue weighted by Gasteiger charge is 2.25. The Morgan fingerprint density at radius 3 is 2.75 bits per heavy atom. The van der Waals surface area contributed by atoms with Crippen LogP contribution in [-0.2, 0) is 26.6 Å². The summed E-state index contributed by atoms with van der Waals surface area (Å²) in [6.07, 6.45) is 2.84. The molecule has 0 N–H and O–H groups in total. The summed E-state index contributed by atoms with van der Waals surface area (Å²) < 4.78 is 7.49. The Balaban J connectivity index is 1.59. The third-order valence-electron chi connectivity index (χ3n) is 4.75. The van der Waals surface area contributed by atoms with Crippen LogP contribution in [0.1, 0.15) is 22.6 Å². The van der Waals surface area contributed by atoms with Gasteiger partial charge in [0.2, 0.25) is 0 Å². The molecule has 3 heterocycles. The van der Waals surface area contributed by atoms with E-state index >= 15 is 0 Å². The molecule has 1 aliphatic heterocycles. The second kappa shape index (κ2) is 6.07. The highest BCUT2D eigenvalue weighted by atomic mass is 35.5. The monoisotopic (exact) mass is 342 g/mol. The van der Waals surface area contributed by atoms with Gasteiger partial charge in [-0.1, -0.05) is 28.9 Å². The fraction of sp³-hybridized carbons (Fsp3) is 0.333. The van der Waals surface area contributed by atoms with Gasteiger partial charge in [0.1, 0.15) is 11.5 Å². The molecule has 0 aliphatic carbocycles. The van der Waals surface area contributed by atoms with Gasteiger partial charge < -0.3 is 4.52 Å².